The molecule has 1 aliphatic heterocycles. The monoisotopic (exact) mass is 493 g/mol. The molecule has 1 saturated carbocycles. The fourth-order valence-corrected chi connectivity index (χ4v) is 5.36. The lowest BCUT2D eigenvalue weighted by Gasteiger charge is -2.36. The molecule has 1 saturated heterocycles. The van der Waals surface area contributed by atoms with E-state index in [0.29, 0.717) is 36.0 Å². The molecule has 1 aromatic carbocycles. The Morgan fingerprint density at radius 3 is 2.54 bits per heavy atom. The van der Waals surface area contributed by atoms with Crippen molar-refractivity contribution in [3.05, 3.63) is 66.1 Å². The number of halogens is 6. The molecule has 0 unspecified atom stereocenters. The van der Waals surface area contributed by atoms with Gasteiger partial charge in [-0.05, 0) is 61.6 Å². The van der Waals surface area contributed by atoms with Crippen LogP contribution in [0.3, 0.4) is 0 Å². The first kappa shape index (κ1) is 21.9. The number of alkyl halides is 6. The maximum absolute atomic E-state index is 13.5. The van der Waals surface area contributed by atoms with Gasteiger partial charge in [-0.3, -0.25) is 4.57 Å². The molecular formula is C23H17F6N5O. The summed E-state index contributed by atoms with van der Waals surface area (Å²) < 4.78 is 88.1. The van der Waals surface area contributed by atoms with Gasteiger partial charge < -0.3 is 9.32 Å². The maximum atomic E-state index is 13.5. The second-order valence-electron chi connectivity index (χ2n) is 8.88. The van der Waals surface area contributed by atoms with E-state index in [1.165, 1.54) is 6.33 Å². The lowest BCUT2D eigenvalue weighted by Crippen LogP contribution is -2.37. The topological polar surface area (TPSA) is 60.0 Å². The highest BCUT2D eigenvalue weighted by molar-refractivity contribution is 5.79. The third kappa shape index (κ3) is 3.62. The number of furan rings is 1. The highest BCUT2D eigenvalue weighted by Gasteiger charge is 2.50. The zero-order valence-corrected chi connectivity index (χ0v) is 17.9. The molecule has 0 N–H and O–H groups in total. The summed E-state index contributed by atoms with van der Waals surface area (Å²) in [6.45, 7) is 0. The highest BCUT2D eigenvalue weighted by Crippen LogP contribution is 2.52. The van der Waals surface area contributed by atoms with Gasteiger partial charge in [0.05, 0.1) is 17.9 Å². The van der Waals surface area contributed by atoms with Crippen LogP contribution in [0.5, 0.6) is 0 Å². The largest absolute Gasteiger partial charge is 0.464 e. The van der Waals surface area contributed by atoms with Gasteiger partial charge in [-0.15, -0.1) is 10.2 Å². The molecule has 0 radical (unpaired) electrons. The van der Waals surface area contributed by atoms with Crippen molar-refractivity contribution in [2.45, 2.75) is 43.7 Å². The van der Waals surface area contributed by atoms with Crippen molar-refractivity contribution in [1.29, 1.82) is 0 Å². The van der Waals surface area contributed by atoms with E-state index in [-0.39, 0.29) is 23.8 Å². The molecule has 3 atom stereocenters. The normalized spacial score (nSPS) is 22.5. The molecule has 12 heteroatoms. The highest BCUT2D eigenvalue weighted by atomic mass is 19.4. The number of fused-ring (bicyclic) bond motifs is 3. The Hall–Kier alpha value is -3.57. The first-order valence-electron chi connectivity index (χ1n) is 10.9. The minimum absolute atomic E-state index is 0.00807. The Morgan fingerprint density at radius 2 is 1.77 bits per heavy atom. The Labute approximate surface area is 194 Å². The predicted molar refractivity (Wildman–Crippen MR) is 112 cm³/mol. The van der Waals surface area contributed by atoms with Crippen LogP contribution in [-0.4, -0.2) is 25.8 Å². The zero-order valence-electron chi connectivity index (χ0n) is 17.9. The number of hydrogen-bond donors (Lipinski definition) is 0. The second kappa shape index (κ2) is 7.46. The Kier molecular flexibility index (Phi) is 4.68. The third-order valence-electron chi connectivity index (χ3n) is 6.83. The van der Waals surface area contributed by atoms with E-state index < -0.39 is 29.7 Å². The second-order valence-corrected chi connectivity index (χ2v) is 8.88. The molecule has 182 valence electrons. The van der Waals surface area contributed by atoms with Crippen molar-refractivity contribution in [1.82, 2.24) is 19.7 Å². The van der Waals surface area contributed by atoms with Crippen LogP contribution in [0.1, 0.15) is 42.4 Å². The minimum atomic E-state index is -5.02. The van der Waals surface area contributed by atoms with E-state index in [1.54, 1.807) is 33.9 Å². The Balaban J connectivity index is 1.47. The van der Waals surface area contributed by atoms with Crippen molar-refractivity contribution in [3.63, 3.8) is 0 Å². The molecule has 3 aromatic heterocycles. The Morgan fingerprint density at radius 1 is 0.943 bits per heavy atom. The van der Waals surface area contributed by atoms with Gasteiger partial charge in [-0.25, -0.2) is 4.98 Å². The quantitative estimate of drug-likeness (QED) is 0.319. The van der Waals surface area contributed by atoms with Crippen LogP contribution in [0.25, 0.3) is 16.7 Å². The van der Waals surface area contributed by atoms with Crippen LogP contribution < -0.4 is 4.90 Å². The average molecular weight is 493 g/mol. The predicted octanol–water partition coefficient (Wildman–Crippen LogP) is 6.18. The Bertz CT molecular complexity index is 1380. The number of rotatable bonds is 3. The molecular weight excluding hydrogens is 476 g/mol. The van der Waals surface area contributed by atoms with Crippen LogP contribution in [0.15, 0.2) is 53.4 Å². The fraction of sp³-hybridized carbons (Fsp3) is 0.348. The average Bonchev–Trinajstić information content (AvgIpc) is 3.60. The number of benzene rings is 1. The summed E-state index contributed by atoms with van der Waals surface area (Å²) in [7, 11) is 0. The molecule has 6 rings (SSSR count). The number of anilines is 1. The molecule has 6 nitrogen and oxygen atoms in total. The van der Waals surface area contributed by atoms with Crippen LogP contribution in [0.2, 0.25) is 0 Å². The van der Waals surface area contributed by atoms with E-state index in [9.17, 15) is 26.3 Å². The van der Waals surface area contributed by atoms with Crippen LogP contribution in [0, 0.1) is 5.92 Å². The number of piperidine rings is 1. The van der Waals surface area contributed by atoms with Gasteiger partial charge >= 0.3 is 12.4 Å². The summed E-state index contributed by atoms with van der Waals surface area (Å²) in [5.74, 6) is 0.0725. The van der Waals surface area contributed by atoms with Gasteiger partial charge in [0.1, 0.15) is 23.4 Å². The summed E-state index contributed by atoms with van der Waals surface area (Å²) in [5.41, 5.74) is -1.58. The first-order chi connectivity index (χ1) is 16.6. The zero-order chi connectivity index (χ0) is 24.5. The van der Waals surface area contributed by atoms with Gasteiger partial charge in [0.15, 0.2) is 5.82 Å². The van der Waals surface area contributed by atoms with Crippen molar-refractivity contribution < 1.29 is 30.8 Å². The van der Waals surface area contributed by atoms with Crippen molar-refractivity contribution in [2.75, 3.05) is 4.90 Å². The van der Waals surface area contributed by atoms with Gasteiger partial charge in [0.2, 0.25) is 0 Å². The van der Waals surface area contributed by atoms with Crippen molar-refractivity contribution in [3.8, 4) is 5.69 Å². The fourth-order valence-electron chi connectivity index (χ4n) is 5.36. The SMILES string of the molecule is FC(F)(F)c1cc(N2[C@@H]3CC[C@@H](C3)[C@H]2c2nncn2-c2ccc3occc3c2)nc(C(F)(F)F)c1. The number of pyridine rings is 1. The molecule has 1 aliphatic carbocycles. The number of aromatic nitrogens is 4. The minimum Gasteiger partial charge on any atom is -0.464 e. The smallest absolute Gasteiger partial charge is 0.433 e. The van der Waals surface area contributed by atoms with E-state index in [2.05, 4.69) is 15.2 Å². The summed E-state index contributed by atoms with van der Waals surface area (Å²) in [4.78, 5) is 5.21. The van der Waals surface area contributed by atoms with E-state index in [1.807, 2.05) is 6.07 Å². The summed E-state index contributed by atoms with van der Waals surface area (Å²) >= 11 is 0. The van der Waals surface area contributed by atoms with Gasteiger partial charge in [0.25, 0.3) is 0 Å². The number of hydrogen-bond acceptors (Lipinski definition) is 5. The molecule has 2 bridgehead atoms. The van der Waals surface area contributed by atoms with Crippen LogP contribution in [0.4, 0.5) is 32.2 Å². The summed E-state index contributed by atoms with van der Waals surface area (Å²) in [5, 5.41) is 9.11. The van der Waals surface area contributed by atoms with E-state index in [4.69, 9.17) is 4.42 Å². The standard InChI is InChI=1S/C23H17F6N5O/c24-22(25,26)14-9-18(23(27,28)29)31-19(10-14)34-16-2-1-13(8-16)20(34)21-32-30-11-33(21)15-3-4-17-12(7-15)5-6-35-17/h3-7,9-11,13,16,20H,1-2,8H2/t13-,16+,20-/m0/s1. The molecule has 35 heavy (non-hydrogen) atoms. The summed E-state index contributed by atoms with van der Waals surface area (Å²) in [6, 6.07) is 7.14. The van der Waals surface area contributed by atoms with E-state index in [0.717, 1.165) is 11.8 Å². The lowest BCUT2D eigenvalue weighted by atomic mass is 9.97. The first-order valence-corrected chi connectivity index (χ1v) is 10.9. The van der Waals surface area contributed by atoms with E-state index >= 15 is 0 Å². The van der Waals surface area contributed by atoms with Crippen molar-refractivity contribution in [2.24, 2.45) is 5.92 Å². The molecule has 2 fully saturated rings. The van der Waals surface area contributed by atoms with Crippen LogP contribution >= 0.6 is 0 Å². The number of nitrogens with zero attached hydrogens (tertiary/aromatic N) is 5. The third-order valence-corrected chi connectivity index (χ3v) is 6.83. The van der Waals surface area contributed by atoms with Gasteiger partial charge in [-0.2, -0.15) is 26.3 Å². The molecule has 0 amide bonds. The van der Waals surface area contributed by atoms with Crippen LogP contribution in [-0.2, 0) is 12.4 Å². The van der Waals surface area contributed by atoms with Gasteiger partial charge in [-0.1, -0.05) is 0 Å². The molecule has 4 aromatic rings. The van der Waals surface area contributed by atoms with Gasteiger partial charge in [0, 0.05) is 17.1 Å². The van der Waals surface area contributed by atoms with Crippen molar-refractivity contribution >= 4 is 16.8 Å². The maximum Gasteiger partial charge on any atom is 0.433 e. The molecule has 0 spiro atoms. The molecule has 4 heterocycles. The molecule has 2 aliphatic rings. The summed E-state index contributed by atoms with van der Waals surface area (Å²) in [6.07, 6.45) is -4.88. The lowest BCUT2D eigenvalue weighted by molar-refractivity contribution is -0.145.